The number of hydrogen-bond acceptors (Lipinski definition) is 4. The van der Waals surface area contributed by atoms with Gasteiger partial charge in [-0.25, -0.2) is 15.0 Å². The lowest BCUT2D eigenvalue weighted by atomic mass is 9.91. The first kappa shape index (κ1) is 35.5. The summed E-state index contributed by atoms with van der Waals surface area (Å²) in [5, 5.41) is 8.73. The average Bonchev–Trinajstić information content (AvgIpc) is 3.24. The summed E-state index contributed by atoms with van der Waals surface area (Å²) in [6, 6.07) is 55.6. The minimum absolute atomic E-state index is 0. The Hall–Kier alpha value is -6.56. The molecule has 0 radical (unpaired) electrons. The third-order valence-electron chi connectivity index (χ3n) is 10.2. The Morgan fingerprint density at radius 1 is 0.491 bits per heavy atom. The molecule has 1 aromatic heterocycles. The second kappa shape index (κ2) is 15.4. The Morgan fingerprint density at radius 3 is 1.67 bits per heavy atom. The van der Waals surface area contributed by atoms with E-state index in [9.17, 15) is 0 Å². The fourth-order valence-electron chi connectivity index (χ4n) is 7.49. The SMILES string of the molecule is C/C=C\C1=C(c2cc(-c3ccc(-c4cc5ccccc5c5ccccc45)cc3)cc(-c3nc(-c4ccccc4)nc(-c4ccccc4)n3)c2)NCC=C1C.S. The summed E-state index contributed by atoms with van der Waals surface area (Å²) in [4.78, 5) is 15.2. The van der Waals surface area contributed by atoms with Crippen LogP contribution in [0.5, 0.6) is 0 Å². The molecule has 0 bridgehead atoms. The zero-order valence-corrected chi connectivity index (χ0v) is 31.8. The van der Waals surface area contributed by atoms with Gasteiger partial charge < -0.3 is 5.32 Å². The van der Waals surface area contributed by atoms with Crippen molar-refractivity contribution in [2.45, 2.75) is 13.8 Å². The first-order chi connectivity index (χ1) is 26.6. The summed E-state index contributed by atoms with van der Waals surface area (Å²) < 4.78 is 0. The Kier molecular flexibility index (Phi) is 9.95. The third-order valence-corrected chi connectivity index (χ3v) is 10.2. The molecule has 0 unspecified atom stereocenters. The Bertz CT molecular complexity index is 2710. The summed E-state index contributed by atoms with van der Waals surface area (Å²) in [6.45, 7) is 5.01. The molecule has 0 atom stereocenters. The normalized spacial score (nSPS) is 12.8. The van der Waals surface area contributed by atoms with Crippen LogP contribution >= 0.6 is 13.5 Å². The van der Waals surface area contributed by atoms with E-state index >= 15 is 0 Å². The molecule has 1 N–H and O–H groups in total. The van der Waals surface area contributed by atoms with Crippen molar-refractivity contribution in [3.63, 3.8) is 0 Å². The lowest BCUT2D eigenvalue weighted by Crippen LogP contribution is -2.19. The maximum absolute atomic E-state index is 5.11. The van der Waals surface area contributed by atoms with Gasteiger partial charge in [-0.2, -0.15) is 13.5 Å². The second-order valence-electron chi connectivity index (χ2n) is 13.7. The predicted molar refractivity (Wildman–Crippen MR) is 236 cm³/mol. The molecule has 9 rings (SSSR count). The number of fused-ring (bicyclic) bond motifs is 3. The van der Waals surface area contributed by atoms with E-state index in [1.54, 1.807) is 0 Å². The van der Waals surface area contributed by atoms with E-state index in [2.05, 4.69) is 134 Å². The van der Waals surface area contributed by atoms with Gasteiger partial charge >= 0.3 is 0 Å². The van der Waals surface area contributed by atoms with Crippen molar-refractivity contribution in [2.24, 2.45) is 0 Å². The predicted octanol–water partition coefficient (Wildman–Crippen LogP) is 12.5. The molecule has 0 saturated heterocycles. The number of aromatic nitrogens is 3. The highest BCUT2D eigenvalue weighted by Gasteiger charge is 2.18. The van der Waals surface area contributed by atoms with Crippen LogP contribution in [0.4, 0.5) is 0 Å². The van der Waals surface area contributed by atoms with Crippen molar-refractivity contribution >= 4 is 40.7 Å². The molecule has 0 saturated carbocycles. The van der Waals surface area contributed by atoms with Gasteiger partial charge in [0.2, 0.25) is 0 Å². The van der Waals surface area contributed by atoms with Gasteiger partial charge in [-0.05, 0) is 93.0 Å². The number of dihydropyridines is 1. The van der Waals surface area contributed by atoms with Crippen molar-refractivity contribution in [3.8, 4) is 56.4 Å². The molecular formula is C50H40N4S. The number of rotatable bonds is 7. The number of allylic oxidation sites excluding steroid dienone is 4. The number of nitrogens with zero attached hydrogens (tertiary/aromatic N) is 3. The van der Waals surface area contributed by atoms with Gasteiger partial charge in [-0.3, -0.25) is 0 Å². The molecule has 0 amide bonds. The smallest absolute Gasteiger partial charge is 0.164 e. The fraction of sp³-hybridized carbons (Fsp3) is 0.0600. The monoisotopic (exact) mass is 728 g/mol. The molecule has 0 spiro atoms. The fourth-order valence-corrected chi connectivity index (χ4v) is 7.49. The Morgan fingerprint density at radius 2 is 1.02 bits per heavy atom. The van der Waals surface area contributed by atoms with Crippen LogP contribution in [0.2, 0.25) is 0 Å². The van der Waals surface area contributed by atoms with E-state index < -0.39 is 0 Å². The number of benzene rings is 7. The van der Waals surface area contributed by atoms with Crippen LogP contribution in [0, 0.1) is 0 Å². The van der Waals surface area contributed by atoms with Gasteiger partial charge in [-0.1, -0.05) is 152 Å². The summed E-state index contributed by atoms with van der Waals surface area (Å²) >= 11 is 0. The second-order valence-corrected chi connectivity index (χ2v) is 13.7. The van der Waals surface area contributed by atoms with E-state index in [-0.39, 0.29) is 13.5 Å². The molecule has 7 aromatic carbocycles. The maximum atomic E-state index is 5.11. The molecule has 1 aliphatic heterocycles. The molecule has 4 nitrogen and oxygen atoms in total. The lowest BCUT2D eigenvalue weighted by Gasteiger charge is -2.22. The molecule has 8 aromatic rings. The van der Waals surface area contributed by atoms with Gasteiger partial charge in [-0.15, -0.1) is 0 Å². The van der Waals surface area contributed by atoms with Crippen LogP contribution in [0.1, 0.15) is 19.4 Å². The van der Waals surface area contributed by atoms with Crippen LogP contribution in [0.3, 0.4) is 0 Å². The van der Waals surface area contributed by atoms with Gasteiger partial charge in [0, 0.05) is 34.5 Å². The highest BCUT2D eigenvalue weighted by molar-refractivity contribution is 7.59. The van der Waals surface area contributed by atoms with Crippen molar-refractivity contribution < 1.29 is 0 Å². The minimum atomic E-state index is 0. The Balaban J connectivity index is 0.00000427. The molecule has 0 aliphatic carbocycles. The molecule has 1 aliphatic rings. The van der Waals surface area contributed by atoms with Gasteiger partial charge in [0.25, 0.3) is 0 Å². The quantitative estimate of drug-likeness (QED) is 0.166. The minimum Gasteiger partial charge on any atom is -0.381 e. The summed E-state index contributed by atoms with van der Waals surface area (Å²) in [5.41, 5.74) is 12.0. The first-order valence-electron chi connectivity index (χ1n) is 18.4. The van der Waals surface area contributed by atoms with Crippen molar-refractivity contribution in [1.82, 2.24) is 20.3 Å². The Labute approximate surface area is 329 Å². The van der Waals surface area contributed by atoms with Crippen molar-refractivity contribution in [3.05, 3.63) is 193 Å². The van der Waals surface area contributed by atoms with E-state index in [1.165, 1.54) is 43.8 Å². The maximum Gasteiger partial charge on any atom is 0.164 e. The molecule has 0 fully saturated rings. The topological polar surface area (TPSA) is 50.7 Å². The zero-order valence-electron chi connectivity index (χ0n) is 30.8. The van der Waals surface area contributed by atoms with E-state index in [1.807, 2.05) is 60.7 Å². The molecular weight excluding hydrogens is 689 g/mol. The van der Waals surface area contributed by atoms with Crippen LogP contribution < -0.4 is 5.32 Å². The summed E-state index contributed by atoms with van der Waals surface area (Å²) in [5.74, 6) is 1.91. The highest BCUT2D eigenvalue weighted by Crippen LogP contribution is 2.38. The van der Waals surface area contributed by atoms with Gasteiger partial charge in [0.05, 0.1) is 0 Å². The first-order valence-corrected chi connectivity index (χ1v) is 18.4. The zero-order chi connectivity index (χ0) is 36.4. The highest BCUT2D eigenvalue weighted by atomic mass is 32.1. The van der Waals surface area contributed by atoms with E-state index in [4.69, 9.17) is 15.0 Å². The molecule has 266 valence electrons. The number of nitrogens with one attached hydrogen (secondary N) is 1. The number of hydrogen-bond donors (Lipinski definition) is 1. The molecule has 2 heterocycles. The average molecular weight is 729 g/mol. The van der Waals surface area contributed by atoms with E-state index in [0.29, 0.717) is 17.5 Å². The van der Waals surface area contributed by atoms with Crippen LogP contribution in [-0.4, -0.2) is 21.5 Å². The molecule has 55 heavy (non-hydrogen) atoms. The summed E-state index contributed by atoms with van der Waals surface area (Å²) in [6.07, 6.45) is 6.53. The van der Waals surface area contributed by atoms with Crippen LogP contribution in [0.25, 0.3) is 83.7 Å². The standard InChI is InChI=1S/C50H38N4.H2S/c1-3-14-42-33(2)27-28-51-47(42)40-29-39(34-23-25-35(26-24-34)46-32-38-19-10-11-20-43(38)44-21-12-13-22-45(44)46)30-41(31-40)50-53-48(36-15-6-4-7-16-36)52-49(54-50)37-17-8-5-9-18-37;/h3-27,29-32,51H,28H2,1-2H3;1H2/b14-3-;. The van der Waals surface area contributed by atoms with E-state index in [0.717, 1.165) is 45.6 Å². The van der Waals surface area contributed by atoms with Gasteiger partial charge in [0.1, 0.15) is 0 Å². The summed E-state index contributed by atoms with van der Waals surface area (Å²) in [7, 11) is 0. The third kappa shape index (κ3) is 6.98. The van der Waals surface area contributed by atoms with Crippen molar-refractivity contribution in [2.75, 3.05) is 6.54 Å². The van der Waals surface area contributed by atoms with Crippen LogP contribution in [0.15, 0.2) is 187 Å². The van der Waals surface area contributed by atoms with Gasteiger partial charge in [0.15, 0.2) is 17.5 Å². The lowest BCUT2D eigenvalue weighted by molar-refractivity contribution is 0.969. The molecule has 5 heteroatoms. The largest absolute Gasteiger partial charge is 0.381 e. The van der Waals surface area contributed by atoms with Crippen LogP contribution in [-0.2, 0) is 0 Å². The van der Waals surface area contributed by atoms with Crippen molar-refractivity contribution in [1.29, 1.82) is 0 Å².